The fourth-order valence-electron chi connectivity index (χ4n) is 2.98. The van der Waals surface area contributed by atoms with Gasteiger partial charge in [0.15, 0.2) is 0 Å². The van der Waals surface area contributed by atoms with Crippen molar-refractivity contribution in [3.8, 4) is 17.1 Å². The van der Waals surface area contributed by atoms with Gasteiger partial charge in [0.1, 0.15) is 5.69 Å². The lowest BCUT2D eigenvalue weighted by Gasteiger charge is -2.19. The van der Waals surface area contributed by atoms with Crippen molar-refractivity contribution in [1.29, 1.82) is 5.41 Å². The molecule has 0 atom stereocenters. The van der Waals surface area contributed by atoms with Gasteiger partial charge in [0.05, 0.1) is 35.4 Å². The van der Waals surface area contributed by atoms with Crippen molar-refractivity contribution in [2.24, 2.45) is 7.05 Å². The molecule has 8 nitrogen and oxygen atoms in total. The molecule has 0 unspecified atom stereocenters. The van der Waals surface area contributed by atoms with Gasteiger partial charge < -0.3 is 20.8 Å². The van der Waals surface area contributed by atoms with Crippen molar-refractivity contribution in [2.75, 3.05) is 17.2 Å². The molecule has 29 heavy (non-hydrogen) atoms. The number of nitrogens with zero attached hydrogens (tertiary/aromatic N) is 4. The molecule has 0 radical (unpaired) electrons. The zero-order valence-corrected chi connectivity index (χ0v) is 17.2. The Labute approximate surface area is 170 Å². The number of aromatic nitrogens is 4. The van der Waals surface area contributed by atoms with E-state index < -0.39 is 0 Å². The highest BCUT2D eigenvalue weighted by atomic mass is 16.5. The van der Waals surface area contributed by atoms with Crippen LogP contribution in [0, 0.1) is 5.41 Å². The maximum atomic E-state index is 7.90. The minimum absolute atomic E-state index is 0.192. The van der Waals surface area contributed by atoms with Crippen LogP contribution in [0.1, 0.15) is 32.0 Å². The molecule has 0 saturated heterocycles. The third-order valence-corrected chi connectivity index (χ3v) is 4.19. The summed E-state index contributed by atoms with van der Waals surface area (Å²) in [4.78, 5) is 9.03. The average Bonchev–Trinajstić information content (AvgIpc) is 3.12. The predicted octanol–water partition coefficient (Wildman–Crippen LogP) is 3.71. The fraction of sp³-hybridized carbons (Fsp3) is 0.333. The molecule has 3 aromatic rings. The molecule has 0 aliphatic rings. The van der Waals surface area contributed by atoms with Crippen LogP contribution < -0.4 is 15.4 Å². The average molecular weight is 393 g/mol. The minimum atomic E-state index is 0.192. The number of aryl methyl sites for hydroxylation is 1. The summed E-state index contributed by atoms with van der Waals surface area (Å²) in [6.45, 7) is 7.15. The van der Waals surface area contributed by atoms with Gasteiger partial charge in [-0.25, -0.2) is 9.97 Å². The van der Waals surface area contributed by atoms with Crippen LogP contribution in [0.25, 0.3) is 11.3 Å². The maximum absolute atomic E-state index is 7.90. The summed E-state index contributed by atoms with van der Waals surface area (Å²) in [6, 6.07) is 5.94. The highest BCUT2D eigenvalue weighted by molar-refractivity contribution is 5.91. The van der Waals surface area contributed by atoms with Gasteiger partial charge in [0, 0.05) is 43.8 Å². The summed E-state index contributed by atoms with van der Waals surface area (Å²) in [7, 11) is 1.89. The van der Waals surface area contributed by atoms with Gasteiger partial charge in [-0.15, -0.1) is 0 Å². The molecule has 3 N–H and O–H groups in total. The number of ether oxygens (including phenoxy) is 1. The Hall–Kier alpha value is -3.42. The highest BCUT2D eigenvalue weighted by Gasteiger charge is 2.16. The summed E-state index contributed by atoms with van der Waals surface area (Å²) in [5.41, 5.74) is 4.76. The number of hydrogen-bond acceptors (Lipinski definition) is 7. The Balaban J connectivity index is 2.05. The number of pyridine rings is 2. The van der Waals surface area contributed by atoms with E-state index in [4.69, 9.17) is 15.1 Å². The summed E-state index contributed by atoms with van der Waals surface area (Å²) in [5.74, 6) is 0.529. The van der Waals surface area contributed by atoms with Crippen molar-refractivity contribution in [2.45, 2.75) is 33.4 Å². The molecule has 152 valence electrons. The first kappa shape index (κ1) is 20.3. The molecule has 0 saturated carbocycles. The molecule has 0 aliphatic heterocycles. The summed E-state index contributed by atoms with van der Waals surface area (Å²) >= 11 is 0. The van der Waals surface area contributed by atoms with Crippen molar-refractivity contribution in [1.82, 2.24) is 19.7 Å². The molecule has 3 heterocycles. The normalized spacial score (nSPS) is 10.8. The Morgan fingerprint density at radius 2 is 2.17 bits per heavy atom. The molecule has 0 amide bonds. The standard InChI is InChI=1S/C21H27N7O/c1-5-29-21-16(7-6-8-23-21)17-9-18(24-11-15-12-25-28(4)13-15)20(26-14(2)3)19(10-22)27-17/h6-10,12-14,22,26H,5,11H2,1-4H3,(H,24,27). The molecule has 0 bridgehead atoms. The number of nitrogens with one attached hydrogen (secondary N) is 3. The molecule has 3 aromatic heterocycles. The molecular weight excluding hydrogens is 366 g/mol. The van der Waals surface area contributed by atoms with E-state index in [9.17, 15) is 0 Å². The second-order valence-corrected chi connectivity index (χ2v) is 6.92. The quantitative estimate of drug-likeness (QED) is 0.479. The smallest absolute Gasteiger partial charge is 0.222 e. The number of rotatable bonds is 9. The van der Waals surface area contributed by atoms with Crippen LogP contribution >= 0.6 is 0 Å². The molecule has 0 fully saturated rings. The van der Waals surface area contributed by atoms with Crippen molar-refractivity contribution in [3.63, 3.8) is 0 Å². The third kappa shape index (κ3) is 4.90. The van der Waals surface area contributed by atoms with E-state index in [0.717, 1.165) is 22.5 Å². The zero-order valence-electron chi connectivity index (χ0n) is 17.2. The van der Waals surface area contributed by atoms with Crippen molar-refractivity contribution >= 4 is 17.6 Å². The van der Waals surface area contributed by atoms with Crippen LogP contribution in [0.4, 0.5) is 11.4 Å². The Morgan fingerprint density at radius 1 is 1.34 bits per heavy atom. The number of hydrogen-bond donors (Lipinski definition) is 3. The Morgan fingerprint density at radius 3 is 2.83 bits per heavy atom. The topological polar surface area (TPSA) is 101 Å². The fourth-order valence-corrected chi connectivity index (χ4v) is 2.98. The van der Waals surface area contributed by atoms with Gasteiger partial charge in [-0.1, -0.05) is 0 Å². The first-order valence-electron chi connectivity index (χ1n) is 9.63. The minimum Gasteiger partial charge on any atom is -0.477 e. The zero-order chi connectivity index (χ0) is 20.8. The van der Waals surface area contributed by atoms with Gasteiger partial charge >= 0.3 is 0 Å². The van der Waals surface area contributed by atoms with Gasteiger partial charge in [-0.3, -0.25) is 4.68 Å². The number of anilines is 2. The van der Waals surface area contributed by atoms with Crippen molar-refractivity contribution < 1.29 is 4.74 Å². The van der Waals surface area contributed by atoms with Crippen molar-refractivity contribution in [3.05, 3.63) is 48.0 Å². The lowest BCUT2D eigenvalue weighted by molar-refractivity contribution is 0.328. The third-order valence-electron chi connectivity index (χ3n) is 4.19. The van der Waals surface area contributed by atoms with Gasteiger partial charge in [0.25, 0.3) is 0 Å². The van der Waals surface area contributed by atoms with Crippen LogP contribution in [0.15, 0.2) is 36.8 Å². The largest absolute Gasteiger partial charge is 0.477 e. The van der Waals surface area contributed by atoms with E-state index in [2.05, 4.69) is 34.6 Å². The SMILES string of the molecule is CCOc1ncccc1-c1cc(NCc2cnn(C)c2)c(NC(C)C)c(C=N)n1. The van der Waals surface area contributed by atoms with E-state index in [1.807, 2.05) is 44.6 Å². The molecule has 3 rings (SSSR count). The summed E-state index contributed by atoms with van der Waals surface area (Å²) in [5, 5.41) is 19.0. The second-order valence-electron chi connectivity index (χ2n) is 6.92. The van der Waals surface area contributed by atoms with Crippen LogP contribution in [0.5, 0.6) is 5.88 Å². The Kier molecular flexibility index (Phi) is 6.43. The van der Waals surface area contributed by atoms with E-state index in [-0.39, 0.29) is 6.04 Å². The van der Waals surface area contributed by atoms with Gasteiger partial charge in [-0.2, -0.15) is 5.10 Å². The lowest BCUT2D eigenvalue weighted by atomic mass is 10.1. The van der Waals surface area contributed by atoms with E-state index in [0.29, 0.717) is 30.4 Å². The Bertz CT molecular complexity index is 981. The van der Waals surface area contributed by atoms with E-state index in [1.54, 1.807) is 10.9 Å². The van der Waals surface area contributed by atoms with Crippen LogP contribution in [0.2, 0.25) is 0 Å². The predicted molar refractivity (Wildman–Crippen MR) is 116 cm³/mol. The summed E-state index contributed by atoms with van der Waals surface area (Å²) in [6.07, 6.45) is 6.76. The second kappa shape index (κ2) is 9.18. The highest BCUT2D eigenvalue weighted by Crippen LogP contribution is 2.34. The molecule has 0 aliphatic carbocycles. The monoisotopic (exact) mass is 393 g/mol. The van der Waals surface area contributed by atoms with E-state index in [1.165, 1.54) is 6.21 Å². The lowest BCUT2D eigenvalue weighted by Crippen LogP contribution is -2.15. The van der Waals surface area contributed by atoms with Crippen LogP contribution in [-0.4, -0.2) is 38.6 Å². The van der Waals surface area contributed by atoms with Crippen LogP contribution in [0.3, 0.4) is 0 Å². The molecule has 0 aromatic carbocycles. The van der Waals surface area contributed by atoms with Gasteiger partial charge in [0.2, 0.25) is 5.88 Å². The first-order chi connectivity index (χ1) is 14.0. The molecule has 8 heteroatoms. The van der Waals surface area contributed by atoms with Gasteiger partial charge in [-0.05, 0) is 39.0 Å². The first-order valence-corrected chi connectivity index (χ1v) is 9.63. The molecule has 0 spiro atoms. The van der Waals surface area contributed by atoms with Crippen LogP contribution in [-0.2, 0) is 13.6 Å². The summed E-state index contributed by atoms with van der Waals surface area (Å²) < 4.78 is 7.45. The van der Waals surface area contributed by atoms with E-state index >= 15 is 0 Å². The maximum Gasteiger partial charge on any atom is 0.222 e. The molecular formula is C21H27N7O.